The van der Waals surface area contributed by atoms with Gasteiger partial charge >= 0.3 is 0 Å². The molecule has 4 rings (SSSR count). The van der Waals surface area contributed by atoms with Gasteiger partial charge in [-0.15, -0.1) is 0 Å². The topological polar surface area (TPSA) is 24.3 Å². The normalized spacial score (nSPS) is 11.7. The molecule has 0 saturated heterocycles. The zero-order valence-corrected chi connectivity index (χ0v) is 22.1. The maximum Gasteiger partial charge on any atom is 0.0956 e. The monoisotopic (exact) mass is 480 g/mol. The predicted octanol–water partition coefficient (Wildman–Crippen LogP) is 6.98. The van der Waals surface area contributed by atoms with E-state index in [0.29, 0.717) is 0 Å². The molecule has 4 aromatic rings. The van der Waals surface area contributed by atoms with Crippen LogP contribution in [0.3, 0.4) is 0 Å². The summed E-state index contributed by atoms with van der Waals surface area (Å²) in [6.07, 6.45) is 9.04. The van der Waals surface area contributed by atoms with Gasteiger partial charge < -0.3 is 9.47 Å². The van der Waals surface area contributed by atoms with E-state index in [1.54, 1.807) is 0 Å². The Kier molecular flexibility index (Phi) is 8.96. The van der Waals surface area contributed by atoms with E-state index in [1.165, 1.54) is 22.4 Å². The van der Waals surface area contributed by atoms with Crippen molar-refractivity contribution in [3.63, 3.8) is 0 Å². The van der Waals surface area contributed by atoms with Crippen LogP contribution in [0, 0.1) is 0 Å². The number of anilines is 1. The molecule has 1 heterocycles. The zero-order chi connectivity index (χ0) is 25.2. The molecule has 4 heteroatoms. The summed E-state index contributed by atoms with van der Waals surface area (Å²) in [6, 6.07) is 31.3. The van der Waals surface area contributed by atoms with E-state index >= 15 is 0 Å². The Balaban J connectivity index is 1.86. The summed E-state index contributed by atoms with van der Waals surface area (Å²) < 4.78 is 2.19. The Morgan fingerprint density at radius 2 is 1.39 bits per heavy atom. The molecular weight excluding hydrogens is 440 g/mol. The fraction of sp³-hybridized carbons (Fsp3) is 0.344. The van der Waals surface area contributed by atoms with Crippen molar-refractivity contribution in [2.75, 3.05) is 24.5 Å². The first-order chi connectivity index (χ1) is 17.7. The van der Waals surface area contributed by atoms with E-state index < -0.39 is 0 Å². The zero-order valence-electron chi connectivity index (χ0n) is 22.1. The minimum Gasteiger partial charge on any atom is -0.372 e. The van der Waals surface area contributed by atoms with Crippen molar-refractivity contribution in [1.29, 1.82) is 0 Å². The molecule has 0 N–H and O–H groups in total. The first-order valence-corrected chi connectivity index (χ1v) is 13.4. The van der Waals surface area contributed by atoms with Gasteiger partial charge in [0, 0.05) is 37.7 Å². The maximum absolute atomic E-state index is 4.34. The van der Waals surface area contributed by atoms with Crippen molar-refractivity contribution >= 4 is 5.69 Å². The molecule has 188 valence electrons. The number of aromatic nitrogens is 2. The van der Waals surface area contributed by atoms with E-state index in [-0.39, 0.29) is 5.54 Å². The van der Waals surface area contributed by atoms with Crippen molar-refractivity contribution in [1.82, 2.24) is 14.5 Å². The largest absolute Gasteiger partial charge is 0.372 e. The molecule has 0 aliphatic carbocycles. The Bertz CT molecular complexity index is 1090. The SMILES string of the molecule is CCCCN(Cn1ccnc1)C(Cc1ccc(N(CC)CC)cc1)(c1ccccc1)c1ccccc1. The van der Waals surface area contributed by atoms with Gasteiger partial charge in [-0.25, -0.2) is 4.98 Å². The standard InChI is InChI=1S/C32H40N4/c1-4-7-23-36(27-34-24-22-33-26-34)32(29-14-10-8-11-15-29,30-16-12-9-13-17-30)25-28-18-20-31(21-19-28)35(5-2)6-3/h8-22,24,26H,4-7,23,25,27H2,1-3H3. The van der Waals surface area contributed by atoms with Crippen LogP contribution in [0.25, 0.3) is 0 Å². The van der Waals surface area contributed by atoms with Crippen LogP contribution in [-0.2, 0) is 18.6 Å². The third-order valence-corrected chi connectivity index (χ3v) is 7.24. The number of benzene rings is 3. The Labute approximate surface area is 217 Å². The lowest BCUT2D eigenvalue weighted by molar-refractivity contribution is 0.0814. The van der Waals surface area contributed by atoms with Gasteiger partial charge in [-0.1, -0.05) is 86.1 Å². The molecule has 0 aliphatic heterocycles. The Hall–Kier alpha value is -3.37. The highest BCUT2D eigenvalue weighted by atomic mass is 15.3. The number of rotatable bonds is 13. The van der Waals surface area contributed by atoms with Crippen LogP contribution in [0.15, 0.2) is 104 Å². The summed E-state index contributed by atoms with van der Waals surface area (Å²) in [4.78, 5) is 9.40. The lowest BCUT2D eigenvalue weighted by Gasteiger charge is -2.46. The van der Waals surface area contributed by atoms with Gasteiger partial charge in [-0.3, -0.25) is 4.90 Å². The second-order valence-electron chi connectivity index (χ2n) is 9.44. The Morgan fingerprint density at radius 3 is 1.89 bits per heavy atom. The van der Waals surface area contributed by atoms with Crippen molar-refractivity contribution in [3.05, 3.63) is 120 Å². The van der Waals surface area contributed by atoms with Gasteiger partial charge in [-0.05, 0) is 55.5 Å². The van der Waals surface area contributed by atoms with Crippen LogP contribution < -0.4 is 4.90 Å². The summed E-state index contributed by atoms with van der Waals surface area (Å²) in [6.45, 7) is 10.5. The van der Waals surface area contributed by atoms with Crippen molar-refractivity contribution in [3.8, 4) is 0 Å². The van der Waals surface area contributed by atoms with Gasteiger partial charge in [0.15, 0.2) is 0 Å². The number of hydrogen-bond donors (Lipinski definition) is 0. The summed E-state index contributed by atoms with van der Waals surface area (Å²) in [5, 5.41) is 0. The average Bonchev–Trinajstić information content (AvgIpc) is 3.45. The first-order valence-electron chi connectivity index (χ1n) is 13.4. The lowest BCUT2D eigenvalue weighted by Crippen LogP contribution is -2.49. The van der Waals surface area contributed by atoms with Gasteiger partial charge in [0.25, 0.3) is 0 Å². The summed E-state index contributed by atoms with van der Waals surface area (Å²) in [7, 11) is 0. The van der Waals surface area contributed by atoms with Gasteiger partial charge in [0.1, 0.15) is 0 Å². The summed E-state index contributed by atoms with van der Waals surface area (Å²) in [5.74, 6) is 0. The quantitative estimate of drug-likeness (QED) is 0.206. The molecule has 0 radical (unpaired) electrons. The average molecular weight is 481 g/mol. The molecular formula is C32H40N4. The number of unbranched alkanes of at least 4 members (excludes halogenated alkanes) is 1. The smallest absolute Gasteiger partial charge is 0.0956 e. The maximum atomic E-state index is 4.34. The molecule has 0 amide bonds. The minimum atomic E-state index is -0.321. The molecule has 0 atom stereocenters. The van der Waals surface area contributed by atoms with Gasteiger partial charge in [0.2, 0.25) is 0 Å². The van der Waals surface area contributed by atoms with Crippen LogP contribution in [0.1, 0.15) is 50.3 Å². The van der Waals surface area contributed by atoms with Gasteiger partial charge in [0.05, 0.1) is 18.5 Å². The van der Waals surface area contributed by atoms with E-state index in [0.717, 1.165) is 45.6 Å². The fourth-order valence-corrected chi connectivity index (χ4v) is 5.28. The van der Waals surface area contributed by atoms with Crippen LogP contribution in [0.2, 0.25) is 0 Å². The second kappa shape index (κ2) is 12.5. The Morgan fingerprint density at radius 1 is 0.778 bits per heavy atom. The molecule has 0 spiro atoms. The van der Waals surface area contributed by atoms with Crippen molar-refractivity contribution < 1.29 is 0 Å². The van der Waals surface area contributed by atoms with Crippen molar-refractivity contribution in [2.24, 2.45) is 0 Å². The molecule has 0 aliphatic rings. The highest BCUT2D eigenvalue weighted by molar-refractivity contribution is 5.49. The van der Waals surface area contributed by atoms with E-state index in [4.69, 9.17) is 0 Å². The molecule has 0 saturated carbocycles. The van der Waals surface area contributed by atoms with Crippen LogP contribution in [-0.4, -0.2) is 34.1 Å². The molecule has 1 aromatic heterocycles. The number of hydrogen-bond acceptors (Lipinski definition) is 3. The lowest BCUT2D eigenvalue weighted by atomic mass is 9.76. The first kappa shape index (κ1) is 25.7. The van der Waals surface area contributed by atoms with Crippen LogP contribution in [0.4, 0.5) is 5.69 Å². The van der Waals surface area contributed by atoms with E-state index in [1.807, 2.05) is 12.5 Å². The van der Waals surface area contributed by atoms with E-state index in [9.17, 15) is 0 Å². The van der Waals surface area contributed by atoms with Gasteiger partial charge in [-0.2, -0.15) is 0 Å². The van der Waals surface area contributed by atoms with E-state index in [2.05, 4.69) is 131 Å². The molecule has 3 aromatic carbocycles. The molecule has 4 nitrogen and oxygen atoms in total. The molecule has 0 fully saturated rings. The number of imidazole rings is 1. The van der Waals surface area contributed by atoms with Crippen molar-refractivity contribution in [2.45, 2.75) is 52.2 Å². The predicted molar refractivity (Wildman–Crippen MR) is 151 cm³/mol. The van der Waals surface area contributed by atoms with Crippen LogP contribution >= 0.6 is 0 Å². The molecule has 36 heavy (non-hydrogen) atoms. The third kappa shape index (κ3) is 5.71. The highest BCUT2D eigenvalue weighted by Crippen LogP contribution is 2.40. The third-order valence-electron chi connectivity index (χ3n) is 7.24. The summed E-state index contributed by atoms with van der Waals surface area (Å²) >= 11 is 0. The highest BCUT2D eigenvalue weighted by Gasteiger charge is 2.40. The molecule has 0 bridgehead atoms. The number of nitrogens with zero attached hydrogens (tertiary/aromatic N) is 4. The van der Waals surface area contributed by atoms with Crippen LogP contribution in [0.5, 0.6) is 0 Å². The molecule has 0 unspecified atom stereocenters. The second-order valence-corrected chi connectivity index (χ2v) is 9.44. The fourth-order valence-electron chi connectivity index (χ4n) is 5.28. The minimum absolute atomic E-state index is 0.321. The summed E-state index contributed by atoms with van der Waals surface area (Å²) in [5.41, 5.74) is 4.94.